The topological polar surface area (TPSA) is 44.7 Å². The van der Waals surface area contributed by atoms with Crippen LogP contribution in [0.25, 0.3) is 0 Å². The van der Waals surface area contributed by atoms with E-state index >= 15 is 0 Å². The molecular formula is C14H32N2O2. The highest BCUT2D eigenvalue weighted by Crippen LogP contribution is 2.23. The number of nitrogens with one attached hydrogen (secondary N) is 1. The van der Waals surface area contributed by atoms with Gasteiger partial charge >= 0.3 is 0 Å². The number of aliphatic hydroxyl groups is 1. The molecule has 110 valence electrons. The van der Waals surface area contributed by atoms with Crippen molar-refractivity contribution in [3.05, 3.63) is 0 Å². The third-order valence-corrected chi connectivity index (χ3v) is 3.29. The highest BCUT2D eigenvalue weighted by Gasteiger charge is 2.25. The maximum atomic E-state index is 9.14. The number of hydrogen-bond acceptors (Lipinski definition) is 4. The number of rotatable bonds is 12. The zero-order valence-electron chi connectivity index (χ0n) is 12.7. The van der Waals surface area contributed by atoms with Gasteiger partial charge in [0, 0.05) is 33.3 Å². The van der Waals surface area contributed by atoms with Crippen LogP contribution in [0.15, 0.2) is 0 Å². The highest BCUT2D eigenvalue weighted by molar-refractivity contribution is 4.80. The molecule has 0 aliphatic carbocycles. The Kier molecular flexibility index (Phi) is 10.6. The number of ether oxygens (including phenoxy) is 1. The minimum absolute atomic E-state index is 0.215. The smallest absolute Gasteiger partial charge is 0.0589 e. The molecule has 1 atom stereocenters. The molecule has 0 bridgehead atoms. The minimum Gasteiger partial charge on any atom is -0.395 e. The molecule has 0 aliphatic heterocycles. The predicted octanol–water partition coefficient (Wildman–Crippen LogP) is 1.34. The molecule has 0 rings (SSSR count). The highest BCUT2D eigenvalue weighted by atomic mass is 16.5. The van der Waals surface area contributed by atoms with Crippen LogP contribution in [0.4, 0.5) is 0 Å². The van der Waals surface area contributed by atoms with E-state index in [-0.39, 0.29) is 12.0 Å². The predicted molar refractivity (Wildman–Crippen MR) is 77.0 cm³/mol. The largest absolute Gasteiger partial charge is 0.395 e. The molecule has 0 amide bonds. The lowest BCUT2D eigenvalue weighted by Crippen LogP contribution is -2.44. The van der Waals surface area contributed by atoms with Gasteiger partial charge in [0.15, 0.2) is 0 Å². The molecular weight excluding hydrogens is 228 g/mol. The first-order valence-corrected chi connectivity index (χ1v) is 7.14. The first kappa shape index (κ1) is 17.8. The second-order valence-corrected chi connectivity index (χ2v) is 5.33. The molecule has 0 spiro atoms. The van der Waals surface area contributed by atoms with Crippen LogP contribution in [-0.2, 0) is 4.74 Å². The molecule has 0 aromatic carbocycles. The maximum absolute atomic E-state index is 9.14. The first-order valence-electron chi connectivity index (χ1n) is 7.14. The van der Waals surface area contributed by atoms with Gasteiger partial charge in [-0.15, -0.1) is 0 Å². The normalized spacial score (nSPS) is 15.0. The number of hydrogen-bond donors (Lipinski definition) is 2. The number of nitrogens with zero attached hydrogens (tertiary/aromatic N) is 1. The maximum Gasteiger partial charge on any atom is 0.0589 e. The Balaban J connectivity index is 4.36. The van der Waals surface area contributed by atoms with Gasteiger partial charge in [-0.05, 0) is 18.4 Å². The SMILES string of the molecule is CCCC(C)(CNCC)CN(CCO)CCOC. The lowest BCUT2D eigenvalue weighted by atomic mass is 9.84. The lowest BCUT2D eigenvalue weighted by molar-refractivity contribution is 0.0914. The van der Waals surface area contributed by atoms with Crippen molar-refractivity contribution in [2.45, 2.75) is 33.6 Å². The molecule has 0 saturated carbocycles. The molecule has 1 unspecified atom stereocenters. The van der Waals surface area contributed by atoms with E-state index in [1.807, 2.05) is 0 Å². The van der Waals surface area contributed by atoms with Gasteiger partial charge in [-0.25, -0.2) is 0 Å². The van der Waals surface area contributed by atoms with Crippen molar-refractivity contribution in [1.82, 2.24) is 10.2 Å². The molecule has 4 nitrogen and oxygen atoms in total. The zero-order valence-corrected chi connectivity index (χ0v) is 12.7. The van der Waals surface area contributed by atoms with Crippen molar-refractivity contribution < 1.29 is 9.84 Å². The summed E-state index contributed by atoms with van der Waals surface area (Å²) in [6.07, 6.45) is 2.40. The van der Waals surface area contributed by atoms with Crippen LogP contribution in [0, 0.1) is 5.41 Å². The summed E-state index contributed by atoms with van der Waals surface area (Å²) in [5, 5.41) is 12.6. The van der Waals surface area contributed by atoms with Gasteiger partial charge in [-0.1, -0.05) is 27.2 Å². The van der Waals surface area contributed by atoms with E-state index in [2.05, 4.69) is 31.0 Å². The number of methoxy groups -OCH3 is 1. The van der Waals surface area contributed by atoms with E-state index in [1.54, 1.807) is 7.11 Å². The van der Waals surface area contributed by atoms with Crippen LogP contribution < -0.4 is 5.32 Å². The van der Waals surface area contributed by atoms with Gasteiger partial charge in [-0.3, -0.25) is 4.90 Å². The molecule has 0 fully saturated rings. The summed E-state index contributed by atoms with van der Waals surface area (Å²) in [6, 6.07) is 0. The second kappa shape index (κ2) is 10.7. The fourth-order valence-electron chi connectivity index (χ4n) is 2.43. The summed E-state index contributed by atoms with van der Waals surface area (Å²) in [4.78, 5) is 2.30. The Morgan fingerprint density at radius 1 is 1.28 bits per heavy atom. The van der Waals surface area contributed by atoms with Crippen molar-refractivity contribution in [1.29, 1.82) is 0 Å². The van der Waals surface area contributed by atoms with Gasteiger partial charge in [-0.2, -0.15) is 0 Å². The van der Waals surface area contributed by atoms with Crippen LogP contribution >= 0.6 is 0 Å². The van der Waals surface area contributed by atoms with Crippen molar-refractivity contribution >= 4 is 0 Å². The second-order valence-electron chi connectivity index (χ2n) is 5.33. The van der Waals surface area contributed by atoms with Gasteiger partial charge in [0.05, 0.1) is 13.2 Å². The summed E-state index contributed by atoms with van der Waals surface area (Å²) < 4.78 is 5.14. The van der Waals surface area contributed by atoms with E-state index in [9.17, 15) is 0 Å². The van der Waals surface area contributed by atoms with Crippen molar-refractivity contribution in [2.24, 2.45) is 5.41 Å². The molecule has 0 aromatic heterocycles. The average Bonchev–Trinajstić information content (AvgIpc) is 2.34. The van der Waals surface area contributed by atoms with E-state index < -0.39 is 0 Å². The van der Waals surface area contributed by atoms with E-state index in [0.717, 1.165) is 39.3 Å². The van der Waals surface area contributed by atoms with Crippen LogP contribution in [0.2, 0.25) is 0 Å². The van der Waals surface area contributed by atoms with Crippen molar-refractivity contribution in [3.8, 4) is 0 Å². The molecule has 4 heteroatoms. The van der Waals surface area contributed by atoms with Gasteiger partial charge in [0.1, 0.15) is 0 Å². The fourth-order valence-corrected chi connectivity index (χ4v) is 2.43. The molecule has 0 saturated heterocycles. The molecule has 18 heavy (non-hydrogen) atoms. The first-order chi connectivity index (χ1) is 8.61. The Bertz CT molecular complexity index is 191. The molecule has 0 heterocycles. The summed E-state index contributed by atoms with van der Waals surface area (Å²) in [7, 11) is 1.72. The third-order valence-electron chi connectivity index (χ3n) is 3.29. The Morgan fingerprint density at radius 2 is 2.00 bits per heavy atom. The third kappa shape index (κ3) is 8.03. The van der Waals surface area contributed by atoms with Crippen LogP contribution in [0.1, 0.15) is 33.6 Å². The Labute approximate surface area is 113 Å². The summed E-state index contributed by atoms with van der Waals surface area (Å²) in [5.74, 6) is 0. The average molecular weight is 260 g/mol. The van der Waals surface area contributed by atoms with Crippen molar-refractivity contribution in [3.63, 3.8) is 0 Å². The van der Waals surface area contributed by atoms with E-state index in [4.69, 9.17) is 9.84 Å². The molecule has 2 N–H and O–H groups in total. The fraction of sp³-hybridized carbons (Fsp3) is 1.00. The van der Waals surface area contributed by atoms with Crippen LogP contribution in [0.3, 0.4) is 0 Å². The number of aliphatic hydroxyl groups excluding tert-OH is 1. The van der Waals surface area contributed by atoms with Gasteiger partial charge in [0.2, 0.25) is 0 Å². The Hall–Kier alpha value is -0.160. The Morgan fingerprint density at radius 3 is 2.50 bits per heavy atom. The summed E-state index contributed by atoms with van der Waals surface area (Å²) in [5.41, 5.74) is 0.271. The monoisotopic (exact) mass is 260 g/mol. The van der Waals surface area contributed by atoms with Crippen LogP contribution in [-0.4, -0.2) is 63.1 Å². The minimum atomic E-state index is 0.215. The summed E-state index contributed by atoms with van der Waals surface area (Å²) in [6.45, 7) is 12.3. The molecule has 0 radical (unpaired) electrons. The van der Waals surface area contributed by atoms with E-state index in [0.29, 0.717) is 0 Å². The van der Waals surface area contributed by atoms with E-state index in [1.165, 1.54) is 12.8 Å². The molecule has 0 aliphatic rings. The van der Waals surface area contributed by atoms with Gasteiger partial charge in [0.25, 0.3) is 0 Å². The molecule has 0 aromatic rings. The van der Waals surface area contributed by atoms with Crippen molar-refractivity contribution in [2.75, 3.05) is 53.0 Å². The standard InChI is InChI=1S/C14H32N2O2/c1-5-7-14(3,12-15-6-2)13-16(8-10-17)9-11-18-4/h15,17H,5-13H2,1-4H3. The van der Waals surface area contributed by atoms with Crippen LogP contribution in [0.5, 0.6) is 0 Å². The quantitative estimate of drug-likeness (QED) is 0.556. The summed E-state index contributed by atoms with van der Waals surface area (Å²) >= 11 is 0. The van der Waals surface area contributed by atoms with Gasteiger partial charge < -0.3 is 15.2 Å². The zero-order chi connectivity index (χ0) is 13.9. The lowest BCUT2D eigenvalue weighted by Gasteiger charge is -2.35.